The van der Waals surface area contributed by atoms with E-state index in [1.165, 1.54) is 0 Å². The SMILES string of the molecule is Cc1[nH]c(=O)nc(SC#N)c1Cl. The van der Waals surface area contributed by atoms with Crippen molar-refractivity contribution < 1.29 is 0 Å². The van der Waals surface area contributed by atoms with E-state index < -0.39 is 5.69 Å². The van der Waals surface area contributed by atoms with Crippen molar-refractivity contribution in [2.24, 2.45) is 0 Å². The van der Waals surface area contributed by atoms with Gasteiger partial charge in [-0.1, -0.05) is 11.6 Å². The Morgan fingerprint density at radius 2 is 2.42 bits per heavy atom. The van der Waals surface area contributed by atoms with E-state index in [4.69, 9.17) is 16.9 Å². The quantitative estimate of drug-likeness (QED) is 0.423. The highest BCUT2D eigenvalue weighted by atomic mass is 35.5. The summed E-state index contributed by atoms with van der Waals surface area (Å²) < 4.78 is 0. The van der Waals surface area contributed by atoms with Crippen LogP contribution in [0.1, 0.15) is 5.69 Å². The number of nitriles is 1. The predicted octanol–water partition coefficient (Wildman–Crippen LogP) is 1.30. The summed E-state index contributed by atoms with van der Waals surface area (Å²) in [7, 11) is 0. The second-order valence-corrected chi connectivity index (χ2v) is 3.13. The first-order valence-corrected chi connectivity index (χ1v) is 4.17. The third-order valence-electron chi connectivity index (χ3n) is 1.16. The molecule has 4 nitrogen and oxygen atoms in total. The van der Waals surface area contributed by atoms with Crippen LogP contribution in [0, 0.1) is 17.6 Å². The number of H-pyrrole nitrogens is 1. The van der Waals surface area contributed by atoms with Gasteiger partial charge in [-0.05, 0) is 6.92 Å². The van der Waals surface area contributed by atoms with Crippen molar-refractivity contribution >= 4 is 23.4 Å². The van der Waals surface area contributed by atoms with Crippen molar-refractivity contribution in [2.75, 3.05) is 0 Å². The van der Waals surface area contributed by atoms with Crippen LogP contribution in [0.4, 0.5) is 0 Å². The number of nitrogens with zero attached hydrogens (tertiary/aromatic N) is 2. The molecule has 0 aliphatic carbocycles. The van der Waals surface area contributed by atoms with Crippen molar-refractivity contribution in [2.45, 2.75) is 11.9 Å². The molecule has 0 radical (unpaired) electrons. The summed E-state index contributed by atoms with van der Waals surface area (Å²) in [5, 5.41) is 10.7. The van der Waals surface area contributed by atoms with E-state index in [1.807, 2.05) is 0 Å². The lowest BCUT2D eigenvalue weighted by Crippen LogP contribution is -2.12. The molecule has 0 saturated heterocycles. The largest absolute Gasteiger partial charge is 0.346 e. The molecule has 1 rings (SSSR count). The number of hydrogen-bond donors (Lipinski definition) is 1. The summed E-state index contributed by atoms with van der Waals surface area (Å²) in [6.45, 7) is 1.65. The van der Waals surface area contributed by atoms with Crippen LogP contribution in [0.25, 0.3) is 0 Å². The standard InChI is InChI=1S/C6H4ClN3OS/c1-3-4(7)5(12-2-8)10-6(11)9-3/h1H3,(H,9,10,11). The van der Waals surface area contributed by atoms with Crippen LogP contribution >= 0.6 is 23.4 Å². The summed E-state index contributed by atoms with van der Waals surface area (Å²) >= 11 is 6.51. The summed E-state index contributed by atoms with van der Waals surface area (Å²) in [4.78, 5) is 16.7. The molecule has 1 aromatic rings. The summed E-state index contributed by atoms with van der Waals surface area (Å²) in [6.07, 6.45) is 0. The number of halogens is 1. The fourth-order valence-corrected chi connectivity index (χ4v) is 1.32. The Bertz CT molecular complexity index is 395. The van der Waals surface area contributed by atoms with Crippen LogP contribution in [0.15, 0.2) is 9.82 Å². The number of aromatic amines is 1. The summed E-state index contributed by atoms with van der Waals surface area (Å²) in [6, 6.07) is 0. The molecule has 62 valence electrons. The minimum atomic E-state index is -0.491. The average molecular weight is 202 g/mol. The van der Waals surface area contributed by atoms with Crippen molar-refractivity contribution in [3.8, 4) is 5.40 Å². The Balaban J connectivity index is 3.30. The zero-order valence-electron chi connectivity index (χ0n) is 6.09. The van der Waals surface area contributed by atoms with Crippen LogP contribution < -0.4 is 5.69 Å². The van der Waals surface area contributed by atoms with Gasteiger partial charge in [0.05, 0.1) is 5.02 Å². The van der Waals surface area contributed by atoms with Crippen molar-refractivity contribution in [3.63, 3.8) is 0 Å². The van der Waals surface area contributed by atoms with Gasteiger partial charge in [0, 0.05) is 17.5 Å². The zero-order chi connectivity index (χ0) is 9.14. The second kappa shape index (κ2) is 3.61. The monoisotopic (exact) mass is 201 g/mol. The van der Waals surface area contributed by atoms with Crippen molar-refractivity contribution in [3.05, 3.63) is 21.2 Å². The van der Waals surface area contributed by atoms with Crippen molar-refractivity contribution in [1.29, 1.82) is 5.26 Å². The number of thiocyanates is 1. The number of thioether (sulfide) groups is 1. The highest BCUT2D eigenvalue weighted by molar-refractivity contribution is 8.03. The molecule has 0 fully saturated rings. The lowest BCUT2D eigenvalue weighted by molar-refractivity contribution is 0.948. The molecule has 0 aromatic carbocycles. The maximum Gasteiger partial charge on any atom is 0.346 e. The van der Waals surface area contributed by atoms with Crippen LogP contribution in [0.5, 0.6) is 0 Å². The van der Waals surface area contributed by atoms with Crippen LogP contribution in [-0.4, -0.2) is 9.97 Å². The van der Waals surface area contributed by atoms with Gasteiger partial charge in [0.15, 0.2) is 0 Å². The topological polar surface area (TPSA) is 69.5 Å². The molecule has 0 spiro atoms. The molecule has 1 heterocycles. The number of rotatable bonds is 1. The van der Waals surface area contributed by atoms with E-state index in [-0.39, 0.29) is 5.03 Å². The molecule has 0 amide bonds. The lowest BCUT2D eigenvalue weighted by atomic mass is 10.5. The van der Waals surface area contributed by atoms with E-state index in [2.05, 4.69) is 9.97 Å². The molecule has 0 unspecified atom stereocenters. The van der Waals surface area contributed by atoms with E-state index in [1.54, 1.807) is 12.3 Å². The van der Waals surface area contributed by atoms with Gasteiger partial charge in [0.2, 0.25) is 0 Å². The number of aryl methyl sites for hydroxylation is 1. The third-order valence-corrected chi connectivity index (χ3v) is 2.31. The Labute approximate surface area is 77.6 Å². The smallest absolute Gasteiger partial charge is 0.309 e. The minimum Gasteiger partial charge on any atom is -0.309 e. The molecule has 0 atom stereocenters. The van der Waals surface area contributed by atoms with Crippen LogP contribution in [0.2, 0.25) is 5.02 Å². The van der Waals surface area contributed by atoms with E-state index in [0.29, 0.717) is 10.7 Å². The first kappa shape index (κ1) is 9.10. The predicted molar refractivity (Wildman–Crippen MR) is 46.1 cm³/mol. The Morgan fingerprint density at radius 1 is 1.75 bits per heavy atom. The first-order valence-electron chi connectivity index (χ1n) is 2.97. The Kier molecular flexibility index (Phi) is 2.74. The maximum atomic E-state index is 10.8. The highest BCUT2D eigenvalue weighted by Crippen LogP contribution is 2.23. The van der Waals surface area contributed by atoms with Crippen LogP contribution in [-0.2, 0) is 0 Å². The normalized spacial score (nSPS) is 9.42. The molecule has 0 aliphatic rings. The number of aromatic nitrogens is 2. The van der Waals surface area contributed by atoms with Crippen molar-refractivity contribution in [1.82, 2.24) is 9.97 Å². The van der Waals surface area contributed by atoms with E-state index in [0.717, 1.165) is 11.8 Å². The highest BCUT2D eigenvalue weighted by Gasteiger charge is 2.06. The first-order chi connectivity index (χ1) is 5.65. The molecule has 1 N–H and O–H groups in total. The van der Waals surface area contributed by atoms with Gasteiger partial charge >= 0.3 is 5.69 Å². The lowest BCUT2D eigenvalue weighted by Gasteiger charge is -1.98. The molecular formula is C6H4ClN3OS. The number of hydrogen-bond acceptors (Lipinski definition) is 4. The van der Waals surface area contributed by atoms with Gasteiger partial charge in [-0.3, -0.25) is 0 Å². The zero-order valence-corrected chi connectivity index (χ0v) is 7.66. The maximum absolute atomic E-state index is 10.8. The molecule has 0 aliphatic heterocycles. The summed E-state index contributed by atoms with van der Waals surface area (Å²) in [5.74, 6) is 0. The number of nitrogens with one attached hydrogen (secondary N) is 1. The Morgan fingerprint density at radius 3 is 3.00 bits per heavy atom. The summed E-state index contributed by atoms with van der Waals surface area (Å²) in [5.41, 5.74) is 0.0315. The van der Waals surface area contributed by atoms with Gasteiger partial charge in [-0.2, -0.15) is 10.2 Å². The molecule has 0 saturated carbocycles. The Hall–Kier alpha value is -0.990. The van der Waals surface area contributed by atoms with Gasteiger partial charge in [0.1, 0.15) is 10.4 Å². The van der Waals surface area contributed by atoms with Gasteiger partial charge < -0.3 is 4.98 Å². The van der Waals surface area contributed by atoms with Gasteiger partial charge in [0.25, 0.3) is 0 Å². The molecule has 6 heteroatoms. The third kappa shape index (κ3) is 1.78. The fraction of sp³-hybridized carbons (Fsp3) is 0.167. The van der Waals surface area contributed by atoms with E-state index in [9.17, 15) is 4.79 Å². The molecule has 1 aromatic heterocycles. The fourth-order valence-electron chi connectivity index (χ4n) is 0.656. The second-order valence-electron chi connectivity index (χ2n) is 1.98. The van der Waals surface area contributed by atoms with Gasteiger partial charge in [-0.15, -0.1) is 0 Å². The molecule has 0 bridgehead atoms. The average Bonchev–Trinajstić information content (AvgIpc) is 2.00. The van der Waals surface area contributed by atoms with Gasteiger partial charge in [-0.25, -0.2) is 4.79 Å². The minimum absolute atomic E-state index is 0.250. The molecular weight excluding hydrogens is 198 g/mol. The molecule has 12 heavy (non-hydrogen) atoms. The van der Waals surface area contributed by atoms with E-state index >= 15 is 0 Å². The van der Waals surface area contributed by atoms with Crippen LogP contribution in [0.3, 0.4) is 0 Å².